The molecule has 0 saturated carbocycles. The highest BCUT2D eigenvalue weighted by Crippen LogP contribution is 2.25. The number of nitrogens with zero attached hydrogens (tertiary/aromatic N) is 3. The van der Waals surface area contributed by atoms with E-state index in [1.807, 2.05) is 34.2 Å². The third-order valence-corrected chi connectivity index (χ3v) is 5.53. The fourth-order valence-electron chi connectivity index (χ4n) is 4.02. The van der Waals surface area contributed by atoms with Crippen LogP contribution in [0.2, 0.25) is 0 Å². The third kappa shape index (κ3) is 6.27. The number of aromatic nitrogens is 1. The number of benzene rings is 1. The number of hydrogen-bond acceptors (Lipinski definition) is 3. The second kappa shape index (κ2) is 9.90. The summed E-state index contributed by atoms with van der Waals surface area (Å²) < 4.78 is 0. The molecule has 0 aliphatic carbocycles. The summed E-state index contributed by atoms with van der Waals surface area (Å²) in [6.45, 7) is 12.1. The number of pyridine rings is 1. The van der Waals surface area contributed by atoms with Gasteiger partial charge in [-0.25, -0.2) is 0 Å². The lowest BCUT2D eigenvalue weighted by Crippen LogP contribution is -2.38. The average molecular weight is 420 g/mol. The molecule has 2 heterocycles. The van der Waals surface area contributed by atoms with Crippen LogP contribution in [0.25, 0.3) is 11.1 Å². The first-order chi connectivity index (χ1) is 14.8. The largest absolute Gasteiger partial charge is 0.340 e. The van der Waals surface area contributed by atoms with Crippen LogP contribution in [0.1, 0.15) is 32.8 Å². The zero-order chi connectivity index (χ0) is 22.4. The molecule has 5 nitrogen and oxygen atoms in total. The van der Waals surface area contributed by atoms with Crippen molar-refractivity contribution in [1.29, 1.82) is 0 Å². The molecule has 1 saturated heterocycles. The molecule has 0 radical (unpaired) electrons. The van der Waals surface area contributed by atoms with Crippen LogP contribution in [-0.4, -0.2) is 52.8 Å². The zero-order valence-electron chi connectivity index (χ0n) is 18.9. The van der Waals surface area contributed by atoms with E-state index < -0.39 is 0 Å². The van der Waals surface area contributed by atoms with Gasteiger partial charge in [0.25, 0.3) is 0 Å². The van der Waals surface area contributed by atoms with Gasteiger partial charge in [0.15, 0.2) is 0 Å². The molecule has 1 atom stereocenters. The van der Waals surface area contributed by atoms with Crippen LogP contribution in [0.15, 0.2) is 61.4 Å². The predicted octanol–water partition coefficient (Wildman–Crippen LogP) is 4.20. The summed E-state index contributed by atoms with van der Waals surface area (Å²) in [7, 11) is 0. The van der Waals surface area contributed by atoms with Crippen LogP contribution in [0.3, 0.4) is 0 Å². The minimum Gasteiger partial charge on any atom is -0.340 e. The van der Waals surface area contributed by atoms with Crippen LogP contribution in [0, 0.1) is 11.3 Å². The van der Waals surface area contributed by atoms with Crippen molar-refractivity contribution in [1.82, 2.24) is 14.8 Å². The molecule has 1 aliphatic heterocycles. The SMILES string of the molecule is C=CCN1CCN(C(=O)CC(C)(C)C)CC(Cc2cccc(-c3cccnc3)c2)C1=O. The van der Waals surface area contributed by atoms with Crippen molar-refractivity contribution >= 4 is 11.8 Å². The van der Waals surface area contributed by atoms with Crippen molar-refractivity contribution in [3.8, 4) is 11.1 Å². The standard InChI is InChI=1S/C26H33N3O2/c1-5-12-28-13-14-29(24(30)17-26(2,3)4)19-23(25(28)31)16-20-8-6-9-21(15-20)22-10-7-11-27-18-22/h5-11,15,18,23H,1,12-14,16-17,19H2,2-4H3. The Morgan fingerprint density at radius 2 is 1.97 bits per heavy atom. The molecule has 1 unspecified atom stereocenters. The summed E-state index contributed by atoms with van der Waals surface area (Å²) in [6, 6.07) is 12.2. The smallest absolute Gasteiger partial charge is 0.228 e. The Labute approximate surface area is 185 Å². The molecule has 1 aromatic heterocycles. The second-order valence-electron chi connectivity index (χ2n) is 9.49. The van der Waals surface area contributed by atoms with Gasteiger partial charge in [-0.2, -0.15) is 0 Å². The van der Waals surface area contributed by atoms with E-state index >= 15 is 0 Å². The van der Waals surface area contributed by atoms with E-state index in [4.69, 9.17) is 0 Å². The van der Waals surface area contributed by atoms with E-state index in [-0.39, 0.29) is 23.1 Å². The Morgan fingerprint density at radius 3 is 2.65 bits per heavy atom. The van der Waals surface area contributed by atoms with Gasteiger partial charge in [0.1, 0.15) is 0 Å². The lowest BCUT2D eigenvalue weighted by atomic mass is 9.91. The average Bonchev–Trinajstić information content (AvgIpc) is 2.88. The quantitative estimate of drug-likeness (QED) is 0.660. The number of carbonyl (C=O) groups is 2. The lowest BCUT2D eigenvalue weighted by molar-refractivity contribution is -0.135. The van der Waals surface area contributed by atoms with Crippen LogP contribution < -0.4 is 0 Å². The van der Waals surface area contributed by atoms with Crippen molar-refractivity contribution in [3.63, 3.8) is 0 Å². The van der Waals surface area contributed by atoms with E-state index in [9.17, 15) is 9.59 Å². The summed E-state index contributed by atoms with van der Waals surface area (Å²) in [5.41, 5.74) is 3.13. The number of rotatable bonds is 6. The second-order valence-corrected chi connectivity index (χ2v) is 9.49. The fraction of sp³-hybridized carbons (Fsp3) is 0.423. The number of carbonyl (C=O) groups excluding carboxylic acids is 2. The van der Waals surface area contributed by atoms with Crippen LogP contribution in [0.4, 0.5) is 0 Å². The van der Waals surface area contributed by atoms with Crippen LogP contribution >= 0.6 is 0 Å². The van der Waals surface area contributed by atoms with E-state index in [1.165, 1.54) is 0 Å². The first-order valence-corrected chi connectivity index (χ1v) is 10.9. The molecule has 3 rings (SSSR count). The Kier molecular flexibility index (Phi) is 7.26. The van der Waals surface area contributed by atoms with E-state index in [1.54, 1.807) is 12.3 Å². The molecule has 31 heavy (non-hydrogen) atoms. The van der Waals surface area contributed by atoms with Gasteiger partial charge in [-0.05, 0) is 34.6 Å². The summed E-state index contributed by atoms with van der Waals surface area (Å²) >= 11 is 0. The molecule has 1 aromatic carbocycles. The number of hydrogen-bond donors (Lipinski definition) is 0. The molecule has 164 valence electrons. The minimum atomic E-state index is -0.268. The van der Waals surface area contributed by atoms with Crippen LogP contribution in [-0.2, 0) is 16.0 Å². The fourth-order valence-corrected chi connectivity index (χ4v) is 4.02. The summed E-state index contributed by atoms with van der Waals surface area (Å²) in [4.78, 5) is 34.1. The van der Waals surface area contributed by atoms with E-state index in [2.05, 4.69) is 50.5 Å². The summed E-state index contributed by atoms with van der Waals surface area (Å²) in [5, 5.41) is 0. The van der Waals surface area contributed by atoms with Crippen molar-refractivity contribution in [2.45, 2.75) is 33.6 Å². The Morgan fingerprint density at radius 1 is 1.19 bits per heavy atom. The highest BCUT2D eigenvalue weighted by molar-refractivity contribution is 5.82. The van der Waals surface area contributed by atoms with Gasteiger partial charge in [0.2, 0.25) is 11.8 Å². The molecule has 0 N–H and O–H groups in total. The van der Waals surface area contributed by atoms with Crippen molar-refractivity contribution in [3.05, 3.63) is 67.0 Å². The maximum atomic E-state index is 13.3. The van der Waals surface area contributed by atoms with Crippen LogP contribution in [0.5, 0.6) is 0 Å². The molecular weight excluding hydrogens is 386 g/mol. The Hall–Kier alpha value is -2.95. The third-order valence-electron chi connectivity index (χ3n) is 5.53. The first-order valence-electron chi connectivity index (χ1n) is 10.9. The predicted molar refractivity (Wildman–Crippen MR) is 124 cm³/mol. The van der Waals surface area contributed by atoms with Gasteiger partial charge in [0, 0.05) is 45.0 Å². The lowest BCUT2D eigenvalue weighted by Gasteiger charge is -2.27. The Balaban J connectivity index is 1.83. The molecule has 0 bridgehead atoms. The molecule has 0 spiro atoms. The normalized spacial score (nSPS) is 17.4. The van der Waals surface area contributed by atoms with Gasteiger partial charge < -0.3 is 9.80 Å². The van der Waals surface area contributed by atoms with Gasteiger partial charge in [-0.15, -0.1) is 6.58 Å². The molecule has 5 heteroatoms. The Bertz CT molecular complexity index is 918. The molecule has 2 aromatic rings. The van der Waals surface area contributed by atoms with Gasteiger partial charge in [-0.1, -0.05) is 57.2 Å². The first kappa shape index (κ1) is 22.7. The topological polar surface area (TPSA) is 53.5 Å². The van der Waals surface area contributed by atoms with Crippen molar-refractivity contribution in [2.75, 3.05) is 26.2 Å². The highest BCUT2D eigenvalue weighted by atomic mass is 16.2. The van der Waals surface area contributed by atoms with Gasteiger partial charge >= 0.3 is 0 Å². The summed E-state index contributed by atoms with van der Waals surface area (Å²) in [6.07, 6.45) is 6.43. The van der Waals surface area contributed by atoms with Gasteiger partial charge in [-0.3, -0.25) is 14.6 Å². The minimum absolute atomic E-state index is 0.0816. The monoisotopic (exact) mass is 419 g/mol. The zero-order valence-corrected chi connectivity index (χ0v) is 18.9. The molecule has 2 amide bonds. The highest BCUT2D eigenvalue weighted by Gasteiger charge is 2.33. The molecule has 1 fully saturated rings. The van der Waals surface area contributed by atoms with E-state index in [0.29, 0.717) is 39.0 Å². The maximum Gasteiger partial charge on any atom is 0.228 e. The van der Waals surface area contributed by atoms with Crippen molar-refractivity contribution in [2.24, 2.45) is 11.3 Å². The van der Waals surface area contributed by atoms with Crippen molar-refractivity contribution < 1.29 is 9.59 Å². The number of amides is 2. The molecule has 1 aliphatic rings. The maximum absolute atomic E-state index is 13.3. The molecular formula is C26H33N3O2. The van der Waals surface area contributed by atoms with Gasteiger partial charge in [0.05, 0.1) is 5.92 Å². The summed E-state index contributed by atoms with van der Waals surface area (Å²) in [5.74, 6) is -0.0527. The van der Waals surface area contributed by atoms with E-state index in [0.717, 1.165) is 16.7 Å².